The van der Waals surface area contributed by atoms with E-state index in [9.17, 15) is 32.4 Å². The Morgan fingerprint density at radius 3 is 2.56 bits per heavy atom. The Hall–Kier alpha value is -5.09. The highest BCUT2D eigenvalue weighted by atomic mass is 32.2. The summed E-state index contributed by atoms with van der Waals surface area (Å²) in [5, 5.41) is 11.5. The van der Waals surface area contributed by atoms with E-state index in [1.807, 2.05) is 19.0 Å². The minimum absolute atomic E-state index is 0.103. The largest absolute Gasteiger partial charge is 0.478 e. The standard InChI is InChI=1S/C32H34N4O11S/c1-5-11-48(43,44)47-18-7-8-24-19(12-18)20(15-35(3)4)21-16-36-25(29(21)34-24)13-23-22(30(36)41)17-45-31(42)32(23,6-2)46-28(40)14-33-26(37)9-10-27(38)39/h7-10,12-13H,5-6,11,14-17H2,1-4H3,(H,33,37)(H,38,39)/b10-9-. The average molecular weight is 683 g/mol. The van der Waals surface area contributed by atoms with Crippen molar-refractivity contribution in [2.24, 2.45) is 0 Å². The zero-order valence-electron chi connectivity index (χ0n) is 26.7. The van der Waals surface area contributed by atoms with Crippen LogP contribution in [0.25, 0.3) is 22.3 Å². The van der Waals surface area contributed by atoms with Gasteiger partial charge in [0.1, 0.15) is 18.9 Å². The SMILES string of the molecule is CCCS(=O)(=O)Oc1ccc2nc3c(c(CN(C)C)c2c1)Cn1c-3cc2c(c1=O)COC(=O)C2(CC)OC(=O)CNC(=O)/C=C\C(=O)O. The summed E-state index contributed by atoms with van der Waals surface area (Å²) in [6, 6.07) is 6.37. The van der Waals surface area contributed by atoms with Crippen molar-refractivity contribution in [3.05, 3.63) is 69.0 Å². The number of esters is 2. The van der Waals surface area contributed by atoms with Crippen LogP contribution in [0.15, 0.2) is 41.2 Å². The van der Waals surface area contributed by atoms with Crippen molar-refractivity contribution in [1.29, 1.82) is 0 Å². The maximum absolute atomic E-state index is 14.0. The topological polar surface area (TPSA) is 200 Å². The molecule has 3 aromatic rings. The van der Waals surface area contributed by atoms with Gasteiger partial charge < -0.3 is 33.5 Å². The van der Waals surface area contributed by atoms with Crippen LogP contribution >= 0.6 is 0 Å². The fourth-order valence-electron chi connectivity index (χ4n) is 5.88. The van der Waals surface area contributed by atoms with Crippen LogP contribution in [0.1, 0.15) is 48.9 Å². The molecule has 2 aliphatic heterocycles. The minimum atomic E-state index is -3.80. The molecule has 0 fully saturated rings. The highest BCUT2D eigenvalue weighted by Crippen LogP contribution is 2.42. The number of rotatable bonds is 12. The highest BCUT2D eigenvalue weighted by Gasteiger charge is 2.50. The van der Waals surface area contributed by atoms with E-state index in [0.29, 0.717) is 46.9 Å². The van der Waals surface area contributed by atoms with Gasteiger partial charge in [0.25, 0.3) is 5.56 Å². The van der Waals surface area contributed by atoms with E-state index in [0.717, 1.165) is 11.6 Å². The molecule has 1 amide bonds. The summed E-state index contributed by atoms with van der Waals surface area (Å²) in [4.78, 5) is 69.5. The van der Waals surface area contributed by atoms with Crippen molar-refractivity contribution in [2.75, 3.05) is 26.4 Å². The number of carboxylic acids is 1. The van der Waals surface area contributed by atoms with Gasteiger partial charge in [0, 0.05) is 35.2 Å². The molecular weight excluding hydrogens is 648 g/mol. The molecule has 0 aliphatic carbocycles. The second-order valence-electron chi connectivity index (χ2n) is 11.6. The summed E-state index contributed by atoms with van der Waals surface area (Å²) >= 11 is 0. The van der Waals surface area contributed by atoms with Gasteiger partial charge in [-0.25, -0.2) is 14.6 Å². The fraction of sp³-hybridized carbons (Fsp3) is 0.375. The van der Waals surface area contributed by atoms with Crippen molar-refractivity contribution in [2.45, 2.75) is 52.0 Å². The van der Waals surface area contributed by atoms with Crippen LogP contribution in [0.2, 0.25) is 0 Å². The Morgan fingerprint density at radius 1 is 1.15 bits per heavy atom. The maximum atomic E-state index is 14.0. The van der Waals surface area contributed by atoms with Crippen LogP contribution in [0.4, 0.5) is 0 Å². The number of cyclic esters (lactones) is 1. The van der Waals surface area contributed by atoms with Crippen molar-refractivity contribution in [3.8, 4) is 17.1 Å². The third-order valence-electron chi connectivity index (χ3n) is 7.97. The predicted octanol–water partition coefficient (Wildman–Crippen LogP) is 1.57. The zero-order valence-corrected chi connectivity index (χ0v) is 27.5. The van der Waals surface area contributed by atoms with Gasteiger partial charge in [0.2, 0.25) is 11.5 Å². The van der Waals surface area contributed by atoms with Crippen molar-refractivity contribution in [1.82, 2.24) is 19.8 Å². The molecule has 1 atom stereocenters. The summed E-state index contributed by atoms with van der Waals surface area (Å²) in [5.74, 6) is -4.13. The number of hydrogen-bond donors (Lipinski definition) is 2. The molecule has 0 saturated heterocycles. The molecule has 0 spiro atoms. The second-order valence-corrected chi connectivity index (χ2v) is 13.3. The van der Waals surface area contributed by atoms with Gasteiger partial charge in [-0.3, -0.25) is 14.4 Å². The molecule has 0 saturated carbocycles. The van der Waals surface area contributed by atoms with Gasteiger partial charge in [-0.15, -0.1) is 0 Å². The normalized spacial score (nSPS) is 16.7. The quantitative estimate of drug-likeness (QED) is 0.124. The number of carbonyl (C=O) groups excluding carboxylic acids is 3. The minimum Gasteiger partial charge on any atom is -0.478 e. The van der Waals surface area contributed by atoms with Crippen LogP contribution in [-0.2, 0) is 64.1 Å². The molecule has 16 heteroatoms. The van der Waals surface area contributed by atoms with E-state index < -0.39 is 51.6 Å². The molecule has 2 aromatic heterocycles. The van der Waals surface area contributed by atoms with E-state index in [2.05, 4.69) is 5.32 Å². The van der Waals surface area contributed by atoms with E-state index in [1.54, 1.807) is 32.0 Å². The summed E-state index contributed by atoms with van der Waals surface area (Å²) in [6.07, 6.45) is 1.61. The lowest BCUT2D eigenvalue weighted by Crippen LogP contribution is -2.48. The fourth-order valence-corrected chi connectivity index (χ4v) is 6.86. The number of aliphatic carboxylic acids is 1. The molecule has 2 aliphatic rings. The van der Waals surface area contributed by atoms with Crippen LogP contribution in [-0.4, -0.2) is 78.2 Å². The van der Waals surface area contributed by atoms with Gasteiger partial charge in [-0.1, -0.05) is 13.8 Å². The predicted molar refractivity (Wildman–Crippen MR) is 170 cm³/mol. The number of carboxylic acid groups (broad SMARTS) is 1. The first kappa shape index (κ1) is 34.3. The molecule has 0 radical (unpaired) electrons. The first-order valence-corrected chi connectivity index (χ1v) is 16.6. The molecule has 5 rings (SSSR count). The van der Waals surface area contributed by atoms with Gasteiger partial charge in [0.05, 0.1) is 34.8 Å². The van der Waals surface area contributed by atoms with Gasteiger partial charge in [-0.05, 0) is 56.8 Å². The van der Waals surface area contributed by atoms with Crippen LogP contribution < -0.4 is 15.1 Å². The van der Waals surface area contributed by atoms with Crippen molar-refractivity contribution >= 4 is 44.8 Å². The molecule has 1 unspecified atom stereocenters. The van der Waals surface area contributed by atoms with E-state index in [-0.39, 0.29) is 42.2 Å². The average Bonchev–Trinajstić information content (AvgIpc) is 3.39. The number of pyridine rings is 2. The van der Waals surface area contributed by atoms with Crippen LogP contribution in [0.5, 0.6) is 5.75 Å². The van der Waals surface area contributed by atoms with Gasteiger partial charge in [-0.2, -0.15) is 8.42 Å². The lowest BCUT2D eigenvalue weighted by molar-refractivity contribution is -0.189. The monoisotopic (exact) mass is 682 g/mol. The molecule has 254 valence electrons. The maximum Gasteiger partial charge on any atom is 0.355 e. The van der Waals surface area contributed by atoms with Crippen LogP contribution in [0.3, 0.4) is 0 Å². The summed E-state index contributed by atoms with van der Waals surface area (Å²) in [5.41, 5.74) is 0.662. The van der Waals surface area contributed by atoms with Crippen molar-refractivity contribution < 1.29 is 46.4 Å². The first-order valence-electron chi connectivity index (χ1n) is 15.1. The van der Waals surface area contributed by atoms with E-state index in [1.165, 1.54) is 10.6 Å². The molecule has 2 N–H and O–H groups in total. The molecular formula is C32H34N4O11S. The third-order valence-corrected chi connectivity index (χ3v) is 9.32. The Labute approximate surface area is 275 Å². The Kier molecular flexibility index (Phi) is 9.42. The second kappa shape index (κ2) is 13.2. The molecule has 15 nitrogen and oxygen atoms in total. The van der Waals surface area contributed by atoms with Gasteiger partial charge in [0.15, 0.2) is 0 Å². The van der Waals surface area contributed by atoms with E-state index in [4.69, 9.17) is 23.7 Å². The number of nitrogens with one attached hydrogen (secondary N) is 1. The summed E-state index contributed by atoms with van der Waals surface area (Å²) in [7, 11) is -0.0558. The lowest BCUT2D eigenvalue weighted by atomic mass is 9.85. The zero-order chi connectivity index (χ0) is 35.0. The number of fused-ring (bicyclic) bond motifs is 5. The summed E-state index contributed by atoms with van der Waals surface area (Å²) in [6.45, 7) is 2.82. The first-order chi connectivity index (χ1) is 22.7. The number of aromatic nitrogens is 2. The number of ether oxygens (including phenoxy) is 2. The Balaban J connectivity index is 1.59. The number of hydrogen-bond acceptors (Lipinski definition) is 12. The lowest BCUT2D eigenvalue weighted by Gasteiger charge is -2.35. The number of amides is 1. The van der Waals surface area contributed by atoms with Gasteiger partial charge >= 0.3 is 28.0 Å². The molecule has 48 heavy (non-hydrogen) atoms. The molecule has 1 aromatic carbocycles. The number of carbonyl (C=O) groups is 4. The molecule has 4 heterocycles. The smallest absolute Gasteiger partial charge is 0.355 e. The van der Waals surface area contributed by atoms with E-state index >= 15 is 0 Å². The number of nitrogens with zero attached hydrogens (tertiary/aromatic N) is 3. The van der Waals surface area contributed by atoms with Crippen LogP contribution in [0, 0.1) is 0 Å². The molecule has 0 bridgehead atoms. The Bertz CT molecular complexity index is 2050. The summed E-state index contributed by atoms with van der Waals surface area (Å²) < 4.78 is 42.6. The van der Waals surface area contributed by atoms with Crippen molar-refractivity contribution in [3.63, 3.8) is 0 Å². The highest BCUT2D eigenvalue weighted by molar-refractivity contribution is 7.87. The Morgan fingerprint density at radius 2 is 1.90 bits per heavy atom. The third kappa shape index (κ3) is 6.53. The number of benzene rings is 1.